The topological polar surface area (TPSA) is 16.1 Å². The second-order valence-corrected chi connectivity index (χ2v) is 3.52. The van der Waals surface area contributed by atoms with Crippen molar-refractivity contribution in [1.82, 2.24) is 9.88 Å². The third-order valence-corrected chi connectivity index (χ3v) is 2.46. The van der Waals surface area contributed by atoms with E-state index in [-0.39, 0.29) is 0 Å². The molecule has 0 amide bonds. The lowest BCUT2D eigenvalue weighted by Gasteiger charge is -2.24. The molecule has 1 aliphatic rings. The molecule has 2 rings (SSSR count). The summed E-state index contributed by atoms with van der Waals surface area (Å²) >= 11 is 0. The van der Waals surface area contributed by atoms with Gasteiger partial charge < -0.3 is 4.90 Å². The quantitative estimate of drug-likeness (QED) is 0.680. The molecule has 0 bridgehead atoms. The van der Waals surface area contributed by atoms with E-state index >= 15 is 0 Å². The SMILES string of the molecule is CCN1CCCCC1.c1ccncc1. The van der Waals surface area contributed by atoms with Gasteiger partial charge in [0, 0.05) is 12.4 Å². The minimum Gasteiger partial charge on any atom is -0.304 e. The van der Waals surface area contributed by atoms with E-state index in [1.165, 1.54) is 38.9 Å². The molecular formula is C12H20N2. The summed E-state index contributed by atoms with van der Waals surface area (Å²) in [7, 11) is 0. The van der Waals surface area contributed by atoms with Gasteiger partial charge in [-0.15, -0.1) is 0 Å². The van der Waals surface area contributed by atoms with Crippen molar-refractivity contribution in [1.29, 1.82) is 0 Å². The van der Waals surface area contributed by atoms with Gasteiger partial charge in [-0.1, -0.05) is 19.4 Å². The van der Waals surface area contributed by atoms with Gasteiger partial charge in [-0.2, -0.15) is 0 Å². The summed E-state index contributed by atoms with van der Waals surface area (Å²) < 4.78 is 0. The summed E-state index contributed by atoms with van der Waals surface area (Å²) in [5.74, 6) is 0. The van der Waals surface area contributed by atoms with Crippen LogP contribution in [0.4, 0.5) is 0 Å². The smallest absolute Gasteiger partial charge is 0.0267 e. The molecule has 0 spiro atoms. The summed E-state index contributed by atoms with van der Waals surface area (Å²) in [5, 5.41) is 0. The number of hydrogen-bond acceptors (Lipinski definition) is 2. The lowest BCUT2D eigenvalue weighted by atomic mass is 10.1. The zero-order valence-electron chi connectivity index (χ0n) is 9.02. The molecule has 1 aromatic rings. The molecule has 0 N–H and O–H groups in total. The lowest BCUT2D eigenvalue weighted by molar-refractivity contribution is 0.240. The van der Waals surface area contributed by atoms with Crippen molar-refractivity contribution in [3.8, 4) is 0 Å². The Labute approximate surface area is 87.0 Å². The van der Waals surface area contributed by atoms with Gasteiger partial charge in [0.05, 0.1) is 0 Å². The maximum atomic E-state index is 3.78. The fourth-order valence-electron chi connectivity index (χ4n) is 1.59. The van der Waals surface area contributed by atoms with E-state index in [0.717, 1.165) is 0 Å². The third kappa shape index (κ3) is 4.97. The molecule has 0 atom stereocenters. The number of nitrogens with zero attached hydrogens (tertiary/aromatic N) is 2. The van der Waals surface area contributed by atoms with E-state index in [9.17, 15) is 0 Å². The summed E-state index contributed by atoms with van der Waals surface area (Å²) in [6, 6.07) is 5.72. The Balaban J connectivity index is 0.000000146. The number of likely N-dealkylation sites (tertiary alicyclic amines) is 1. The number of rotatable bonds is 1. The lowest BCUT2D eigenvalue weighted by Crippen LogP contribution is -2.29. The van der Waals surface area contributed by atoms with Crippen molar-refractivity contribution in [3.63, 3.8) is 0 Å². The number of piperidine rings is 1. The van der Waals surface area contributed by atoms with Gasteiger partial charge in [0.2, 0.25) is 0 Å². The Morgan fingerprint density at radius 2 is 1.64 bits per heavy atom. The molecule has 0 saturated carbocycles. The standard InChI is InChI=1S/C7H15N.C5H5N/c1-2-8-6-4-3-5-7-8;1-2-4-6-5-3-1/h2-7H2,1H3;1-5H. The van der Waals surface area contributed by atoms with Crippen molar-refractivity contribution in [2.75, 3.05) is 19.6 Å². The maximum absolute atomic E-state index is 3.78. The molecule has 2 heterocycles. The zero-order valence-corrected chi connectivity index (χ0v) is 9.02. The Kier molecular flexibility index (Phi) is 6.00. The predicted octanol–water partition coefficient (Wildman–Crippen LogP) is 2.57. The Bertz CT molecular complexity index is 178. The van der Waals surface area contributed by atoms with Crippen LogP contribution >= 0.6 is 0 Å². The van der Waals surface area contributed by atoms with E-state index in [2.05, 4.69) is 16.8 Å². The second kappa shape index (κ2) is 7.51. The first-order valence-corrected chi connectivity index (χ1v) is 5.51. The normalized spacial score (nSPS) is 16.9. The molecule has 1 saturated heterocycles. The molecule has 0 unspecified atom stereocenters. The van der Waals surface area contributed by atoms with Gasteiger partial charge in [-0.25, -0.2) is 0 Å². The first kappa shape index (κ1) is 11.2. The number of aromatic nitrogens is 1. The Morgan fingerprint density at radius 3 is 1.93 bits per heavy atom. The van der Waals surface area contributed by atoms with Crippen LogP contribution < -0.4 is 0 Å². The Hall–Kier alpha value is -0.890. The minimum atomic E-state index is 1.25. The highest BCUT2D eigenvalue weighted by Gasteiger charge is 2.05. The summed E-state index contributed by atoms with van der Waals surface area (Å²) in [6.45, 7) is 6.18. The van der Waals surface area contributed by atoms with Crippen LogP contribution in [0.25, 0.3) is 0 Å². The average Bonchev–Trinajstić information content (AvgIpc) is 2.33. The largest absolute Gasteiger partial charge is 0.304 e. The molecule has 0 radical (unpaired) electrons. The van der Waals surface area contributed by atoms with Gasteiger partial charge in [-0.3, -0.25) is 4.98 Å². The van der Waals surface area contributed by atoms with Gasteiger partial charge in [0.25, 0.3) is 0 Å². The summed E-state index contributed by atoms with van der Waals surface area (Å²) in [5.41, 5.74) is 0. The molecular weight excluding hydrogens is 172 g/mol. The van der Waals surface area contributed by atoms with Gasteiger partial charge in [-0.05, 0) is 44.6 Å². The van der Waals surface area contributed by atoms with Gasteiger partial charge >= 0.3 is 0 Å². The highest BCUT2D eigenvalue weighted by atomic mass is 15.1. The molecule has 78 valence electrons. The molecule has 14 heavy (non-hydrogen) atoms. The molecule has 0 aliphatic carbocycles. The highest BCUT2D eigenvalue weighted by molar-refractivity contribution is 4.88. The van der Waals surface area contributed by atoms with Crippen LogP contribution in [0.2, 0.25) is 0 Å². The average molecular weight is 192 g/mol. The fourth-order valence-corrected chi connectivity index (χ4v) is 1.59. The molecule has 0 aromatic carbocycles. The second-order valence-electron chi connectivity index (χ2n) is 3.52. The summed E-state index contributed by atoms with van der Waals surface area (Å²) in [6.07, 6.45) is 7.80. The van der Waals surface area contributed by atoms with Crippen LogP contribution in [-0.4, -0.2) is 29.5 Å². The van der Waals surface area contributed by atoms with Crippen LogP contribution in [0.3, 0.4) is 0 Å². The van der Waals surface area contributed by atoms with Crippen LogP contribution in [0.15, 0.2) is 30.6 Å². The van der Waals surface area contributed by atoms with Gasteiger partial charge in [0.15, 0.2) is 0 Å². The molecule has 2 nitrogen and oxygen atoms in total. The van der Waals surface area contributed by atoms with Crippen LogP contribution in [0, 0.1) is 0 Å². The van der Waals surface area contributed by atoms with E-state index in [0.29, 0.717) is 0 Å². The van der Waals surface area contributed by atoms with E-state index < -0.39 is 0 Å². The van der Waals surface area contributed by atoms with Crippen molar-refractivity contribution in [3.05, 3.63) is 30.6 Å². The van der Waals surface area contributed by atoms with Crippen molar-refractivity contribution in [2.45, 2.75) is 26.2 Å². The molecule has 1 aliphatic heterocycles. The number of hydrogen-bond donors (Lipinski definition) is 0. The first-order chi connectivity index (χ1) is 6.93. The minimum absolute atomic E-state index is 1.25. The molecule has 2 heteroatoms. The van der Waals surface area contributed by atoms with E-state index in [1.807, 2.05) is 18.2 Å². The zero-order chi connectivity index (χ0) is 10.1. The predicted molar refractivity (Wildman–Crippen MR) is 60.2 cm³/mol. The first-order valence-electron chi connectivity index (χ1n) is 5.51. The van der Waals surface area contributed by atoms with E-state index in [4.69, 9.17) is 0 Å². The van der Waals surface area contributed by atoms with Crippen molar-refractivity contribution in [2.24, 2.45) is 0 Å². The fraction of sp³-hybridized carbons (Fsp3) is 0.583. The van der Waals surface area contributed by atoms with Crippen LogP contribution in [0.1, 0.15) is 26.2 Å². The Morgan fingerprint density at radius 1 is 1.00 bits per heavy atom. The highest BCUT2D eigenvalue weighted by Crippen LogP contribution is 2.06. The number of pyridine rings is 1. The third-order valence-electron chi connectivity index (χ3n) is 2.46. The maximum Gasteiger partial charge on any atom is 0.0267 e. The van der Waals surface area contributed by atoms with Crippen LogP contribution in [0.5, 0.6) is 0 Å². The molecule has 1 fully saturated rings. The van der Waals surface area contributed by atoms with Gasteiger partial charge in [0.1, 0.15) is 0 Å². The van der Waals surface area contributed by atoms with Crippen molar-refractivity contribution < 1.29 is 0 Å². The van der Waals surface area contributed by atoms with Crippen LogP contribution in [-0.2, 0) is 0 Å². The van der Waals surface area contributed by atoms with E-state index in [1.54, 1.807) is 12.4 Å². The van der Waals surface area contributed by atoms with Crippen molar-refractivity contribution >= 4 is 0 Å². The monoisotopic (exact) mass is 192 g/mol. The summed E-state index contributed by atoms with van der Waals surface area (Å²) in [4.78, 5) is 6.30. The molecule has 1 aromatic heterocycles.